The largest absolute Gasteiger partial charge is 0.368 e. The molecule has 5 nitrogen and oxygen atoms in total. The molecular weight excluding hydrogens is 380 g/mol. The number of rotatable bonds is 5. The molecule has 1 amide bonds. The number of hydrogen-bond acceptors (Lipinski definition) is 4. The molecule has 0 saturated carbocycles. The molecule has 2 aromatic carbocycles. The lowest BCUT2D eigenvalue weighted by Crippen LogP contribution is -2.49. The van der Waals surface area contributed by atoms with Crippen molar-refractivity contribution >= 4 is 23.4 Å². The van der Waals surface area contributed by atoms with Crippen LogP contribution in [0, 0.1) is 13.8 Å². The first-order valence-corrected chi connectivity index (χ1v) is 10.9. The molecule has 4 rings (SSSR count). The number of benzene rings is 2. The Kier molecular flexibility index (Phi) is 5.90. The number of aromatic nitrogens is 2. The second-order valence-electron chi connectivity index (χ2n) is 7.29. The van der Waals surface area contributed by atoms with Crippen molar-refractivity contribution < 1.29 is 4.79 Å². The highest BCUT2D eigenvalue weighted by atomic mass is 32.2. The third-order valence-corrected chi connectivity index (χ3v) is 6.47. The molecular formula is C23H26N4OS. The number of hydrogen-bond donors (Lipinski definition) is 0. The molecule has 6 heteroatoms. The van der Waals surface area contributed by atoms with Gasteiger partial charge in [0.15, 0.2) is 5.16 Å². The summed E-state index contributed by atoms with van der Waals surface area (Å²) in [7, 11) is 0. The van der Waals surface area contributed by atoms with Crippen molar-refractivity contribution in [3.05, 3.63) is 72.1 Å². The lowest BCUT2D eigenvalue weighted by Gasteiger charge is -2.36. The summed E-state index contributed by atoms with van der Waals surface area (Å²) in [6.45, 7) is 7.51. The van der Waals surface area contributed by atoms with Crippen LogP contribution in [-0.4, -0.2) is 52.3 Å². The minimum absolute atomic E-state index is 0.179. The summed E-state index contributed by atoms with van der Waals surface area (Å²) in [6, 6.07) is 16.7. The molecule has 0 radical (unpaired) electrons. The van der Waals surface area contributed by atoms with Gasteiger partial charge in [-0.2, -0.15) is 0 Å². The number of thioether (sulfide) groups is 1. The van der Waals surface area contributed by atoms with E-state index in [9.17, 15) is 4.79 Å². The van der Waals surface area contributed by atoms with E-state index in [-0.39, 0.29) is 5.91 Å². The van der Waals surface area contributed by atoms with Gasteiger partial charge in [0.25, 0.3) is 0 Å². The van der Waals surface area contributed by atoms with Gasteiger partial charge >= 0.3 is 0 Å². The van der Waals surface area contributed by atoms with Gasteiger partial charge in [-0.1, -0.05) is 42.1 Å². The Hall–Kier alpha value is -2.73. The molecule has 0 N–H and O–H groups in total. The molecule has 0 bridgehead atoms. The van der Waals surface area contributed by atoms with E-state index in [1.807, 2.05) is 17.2 Å². The molecule has 0 unspecified atom stereocenters. The minimum atomic E-state index is 0.179. The van der Waals surface area contributed by atoms with Gasteiger partial charge in [0.05, 0.1) is 11.4 Å². The fraction of sp³-hybridized carbons (Fsp3) is 0.304. The van der Waals surface area contributed by atoms with E-state index in [0.29, 0.717) is 5.75 Å². The normalized spacial score (nSPS) is 14.3. The summed E-state index contributed by atoms with van der Waals surface area (Å²) < 4.78 is 2.08. The lowest BCUT2D eigenvalue weighted by molar-refractivity contribution is -0.128. The zero-order valence-corrected chi connectivity index (χ0v) is 17.7. The fourth-order valence-corrected chi connectivity index (χ4v) is 4.52. The van der Waals surface area contributed by atoms with Crippen molar-refractivity contribution in [2.75, 3.05) is 36.8 Å². The highest BCUT2D eigenvalue weighted by Crippen LogP contribution is 2.25. The number of imidazole rings is 1. The Bertz CT molecular complexity index is 978. The predicted octanol–water partition coefficient (Wildman–Crippen LogP) is 3.93. The highest BCUT2D eigenvalue weighted by Gasteiger charge is 2.22. The summed E-state index contributed by atoms with van der Waals surface area (Å²) in [5.41, 5.74) is 4.83. The average Bonchev–Trinajstić information content (AvgIpc) is 3.23. The summed E-state index contributed by atoms with van der Waals surface area (Å²) in [4.78, 5) is 21.5. The van der Waals surface area contributed by atoms with E-state index < -0.39 is 0 Å². The quantitative estimate of drug-likeness (QED) is 0.602. The number of para-hydroxylation sites is 1. The average molecular weight is 407 g/mol. The van der Waals surface area contributed by atoms with Gasteiger partial charge in [0.1, 0.15) is 0 Å². The number of nitrogens with zero attached hydrogens (tertiary/aromatic N) is 4. The third-order valence-electron chi connectivity index (χ3n) is 5.52. The molecule has 2 heterocycles. The summed E-state index contributed by atoms with van der Waals surface area (Å²) in [5, 5.41) is 0.856. The van der Waals surface area contributed by atoms with Crippen molar-refractivity contribution in [1.29, 1.82) is 0 Å². The van der Waals surface area contributed by atoms with E-state index in [2.05, 4.69) is 70.8 Å². The smallest absolute Gasteiger partial charge is 0.233 e. The van der Waals surface area contributed by atoms with Crippen LogP contribution in [-0.2, 0) is 4.79 Å². The molecule has 0 atom stereocenters. The summed E-state index contributed by atoms with van der Waals surface area (Å²) in [6.07, 6.45) is 3.76. The van der Waals surface area contributed by atoms with Gasteiger partial charge in [-0.15, -0.1) is 0 Å². The van der Waals surface area contributed by atoms with Gasteiger partial charge in [-0.3, -0.25) is 9.36 Å². The van der Waals surface area contributed by atoms with Crippen molar-refractivity contribution in [3.8, 4) is 5.69 Å². The van der Waals surface area contributed by atoms with E-state index in [1.165, 1.54) is 28.6 Å². The third kappa shape index (κ3) is 4.32. The second kappa shape index (κ2) is 8.74. The maximum Gasteiger partial charge on any atom is 0.233 e. The van der Waals surface area contributed by atoms with E-state index in [1.54, 1.807) is 6.20 Å². The van der Waals surface area contributed by atoms with Crippen molar-refractivity contribution in [2.24, 2.45) is 0 Å². The highest BCUT2D eigenvalue weighted by molar-refractivity contribution is 7.99. The van der Waals surface area contributed by atoms with Crippen LogP contribution in [0.25, 0.3) is 5.69 Å². The van der Waals surface area contributed by atoms with Crippen LogP contribution in [0.4, 0.5) is 5.69 Å². The molecule has 1 fully saturated rings. The van der Waals surface area contributed by atoms with Gasteiger partial charge in [-0.05, 0) is 43.2 Å². The Morgan fingerprint density at radius 2 is 1.76 bits per heavy atom. The van der Waals surface area contributed by atoms with Crippen LogP contribution in [0.2, 0.25) is 0 Å². The van der Waals surface area contributed by atoms with Crippen LogP contribution in [0.5, 0.6) is 0 Å². The number of amides is 1. The maximum atomic E-state index is 12.8. The van der Waals surface area contributed by atoms with Crippen molar-refractivity contribution in [1.82, 2.24) is 14.5 Å². The van der Waals surface area contributed by atoms with Crippen molar-refractivity contribution in [2.45, 2.75) is 19.0 Å². The molecule has 29 heavy (non-hydrogen) atoms. The Morgan fingerprint density at radius 3 is 2.52 bits per heavy atom. The molecule has 1 aromatic heterocycles. The topological polar surface area (TPSA) is 41.4 Å². The number of anilines is 1. The maximum absolute atomic E-state index is 12.8. The fourth-order valence-electron chi connectivity index (χ4n) is 3.65. The SMILES string of the molecule is Cc1cccc(-n2ccnc2SCC(=O)N2CCN(c3ccccc3)CC2)c1C. The minimum Gasteiger partial charge on any atom is -0.368 e. The number of piperazine rings is 1. The van der Waals surface area contributed by atoms with Gasteiger partial charge in [0.2, 0.25) is 5.91 Å². The first kappa shape index (κ1) is 19.6. The van der Waals surface area contributed by atoms with Crippen LogP contribution in [0.3, 0.4) is 0 Å². The molecule has 150 valence electrons. The molecule has 1 aliphatic heterocycles. The van der Waals surface area contributed by atoms with E-state index >= 15 is 0 Å². The van der Waals surface area contributed by atoms with Gasteiger partial charge in [0, 0.05) is 44.3 Å². The van der Waals surface area contributed by atoms with E-state index in [4.69, 9.17) is 0 Å². The predicted molar refractivity (Wildman–Crippen MR) is 119 cm³/mol. The van der Waals surface area contributed by atoms with Crippen LogP contribution in [0.15, 0.2) is 66.1 Å². The number of aryl methyl sites for hydroxylation is 1. The monoisotopic (exact) mass is 406 g/mol. The zero-order chi connectivity index (χ0) is 20.2. The summed E-state index contributed by atoms with van der Waals surface area (Å²) >= 11 is 1.51. The molecule has 0 spiro atoms. The zero-order valence-electron chi connectivity index (χ0n) is 16.9. The molecule has 1 aliphatic rings. The Labute approximate surface area is 176 Å². The van der Waals surface area contributed by atoms with E-state index in [0.717, 1.165) is 37.0 Å². The first-order chi connectivity index (χ1) is 14.1. The molecule has 0 aliphatic carbocycles. The van der Waals surface area contributed by atoms with Crippen LogP contribution >= 0.6 is 11.8 Å². The van der Waals surface area contributed by atoms with Gasteiger partial charge < -0.3 is 9.80 Å². The Morgan fingerprint density at radius 1 is 1.00 bits per heavy atom. The van der Waals surface area contributed by atoms with Crippen molar-refractivity contribution in [3.63, 3.8) is 0 Å². The Balaban J connectivity index is 1.35. The van der Waals surface area contributed by atoms with Crippen LogP contribution in [0.1, 0.15) is 11.1 Å². The van der Waals surface area contributed by atoms with Crippen LogP contribution < -0.4 is 4.90 Å². The second-order valence-corrected chi connectivity index (χ2v) is 8.23. The molecule has 1 saturated heterocycles. The number of carbonyl (C=O) groups is 1. The summed E-state index contributed by atoms with van der Waals surface area (Å²) in [5.74, 6) is 0.589. The standard InChI is InChI=1S/C23H26N4OS/c1-18-7-6-10-21(19(18)2)27-12-11-24-23(27)29-17-22(28)26-15-13-25(14-16-26)20-8-4-3-5-9-20/h3-12H,13-17H2,1-2H3. The van der Waals surface area contributed by atoms with Gasteiger partial charge in [-0.25, -0.2) is 4.98 Å². The lowest BCUT2D eigenvalue weighted by atomic mass is 10.1. The first-order valence-electron chi connectivity index (χ1n) is 9.94. The number of carbonyl (C=O) groups excluding carboxylic acids is 1. The molecule has 3 aromatic rings.